The van der Waals surface area contributed by atoms with Crippen molar-refractivity contribution in [3.05, 3.63) is 71.1 Å². The molecule has 2 aromatic carbocycles. The second-order valence-electron chi connectivity index (χ2n) is 6.42. The highest BCUT2D eigenvalue weighted by molar-refractivity contribution is 5.81. The lowest BCUT2D eigenvalue weighted by molar-refractivity contribution is 0.612. The Morgan fingerprint density at radius 2 is 1.85 bits per heavy atom. The molecule has 1 aliphatic carbocycles. The van der Waals surface area contributed by atoms with Crippen LogP contribution in [-0.2, 0) is 0 Å². The number of nitrogens with one attached hydrogen (secondary N) is 1. The summed E-state index contributed by atoms with van der Waals surface area (Å²) in [7, 11) is 0. The van der Waals surface area contributed by atoms with Gasteiger partial charge in [0, 0.05) is 30.1 Å². The van der Waals surface area contributed by atoms with Gasteiger partial charge in [-0.2, -0.15) is 0 Å². The summed E-state index contributed by atoms with van der Waals surface area (Å²) in [6, 6.07) is 18.2. The lowest BCUT2D eigenvalue weighted by Crippen LogP contribution is -2.08. The van der Waals surface area contributed by atoms with E-state index in [2.05, 4.69) is 36.3 Å². The molecule has 1 N–H and O–H groups in total. The van der Waals surface area contributed by atoms with E-state index in [0.717, 1.165) is 51.4 Å². The Bertz CT molecular complexity index is 1130. The Morgan fingerprint density at radius 3 is 2.65 bits per heavy atom. The first kappa shape index (κ1) is 16.3. The Balaban J connectivity index is 1.81. The number of anilines is 2. The van der Waals surface area contributed by atoms with E-state index in [1.54, 1.807) is 0 Å². The quantitative estimate of drug-likeness (QED) is 0.519. The summed E-state index contributed by atoms with van der Waals surface area (Å²) in [5.74, 6) is 0.753. The molecule has 1 aliphatic heterocycles. The van der Waals surface area contributed by atoms with E-state index in [-0.39, 0.29) is 0 Å². The van der Waals surface area contributed by atoms with Crippen LogP contribution in [0.25, 0.3) is 22.6 Å². The van der Waals surface area contributed by atoms with E-state index >= 15 is 0 Å². The number of aryl methyl sites for hydroxylation is 2. The number of nitrogens with zero attached hydrogens (tertiary/aromatic N) is 2. The summed E-state index contributed by atoms with van der Waals surface area (Å²) in [6.45, 7) is 6.92. The lowest BCUT2D eigenvalue weighted by atomic mass is 10.1. The van der Waals surface area contributed by atoms with Crippen LogP contribution in [0.15, 0.2) is 64.0 Å². The highest BCUT2D eigenvalue weighted by Crippen LogP contribution is 2.28. The molecule has 0 atom stereocenters. The molecule has 2 aliphatic rings. The summed E-state index contributed by atoms with van der Waals surface area (Å²) in [5.41, 5.74) is 6.81. The van der Waals surface area contributed by atoms with Crippen molar-refractivity contribution in [3.63, 3.8) is 0 Å². The molecule has 4 heteroatoms. The second-order valence-corrected chi connectivity index (χ2v) is 6.42. The summed E-state index contributed by atoms with van der Waals surface area (Å²) < 4.78 is 6.13. The molecule has 0 fully saturated rings. The van der Waals surface area contributed by atoms with Crippen LogP contribution in [0, 0.1) is 13.8 Å². The van der Waals surface area contributed by atoms with Crippen molar-refractivity contribution in [1.82, 2.24) is 4.98 Å². The van der Waals surface area contributed by atoms with Gasteiger partial charge in [0.15, 0.2) is 11.3 Å². The van der Waals surface area contributed by atoms with E-state index in [1.165, 1.54) is 5.56 Å². The number of aromatic nitrogens is 1. The Labute approximate surface area is 152 Å². The monoisotopic (exact) mass is 343 g/mol. The van der Waals surface area contributed by atoms with Crippen molar-refractivity contribution in [2.45, 2.75) is 20.8 Å². The summed E-state index contributed by atoms with van der Waals surface area (Å²) in [4.78, 5) is 9.26. The van der Waals surface area contributed by atoms with Crippen molar-refractivity contribution in [2.24, 2.45) is 4.99 Å². The number of rotatable bonds is 3. The Morgan fingerprint density at radius 1 is 1.00 bits per heavy atom. The third-order valence-electron chi connectivity index (χ3n) is 4.45. The smallest absolute Gasteiger partial charge is 0.155 e. The maximum Gasteiger partial charge on any atom is 0.155 e. The average molecular weight is 343 g/mol. The number of benzene rings is 3. The van der Waals surface area contributed by atoms with Gasteiger partial charge >= 0.3 is 0 Å². The molecule has 0 amide bonds. The molecule has 2 aromatic rings. The molecule has 4 nitrogen and oxygen atoms in total. The highest BCUT2D eigenvalue weighted by atomic mass is 16.3. The van der Waals surface area contributed by atoms with Crippen LogP contribution < -0.4 is 10.7 Å². The van der Waals surface area contributed by atoms with Crippen LogP contribution in [0.1, 0.15) is 18.1 Å². The lowest BCUT2D eigenvalue weighted by Gasteiger charge is -2.11. The predicted molar refractivity (Wildman–Crippen MR) is 106 cm³/mol. The third-order valence-corrected chi connectivity index (χ3v) is 4.45. The number of para-hydroxylation sites is 1. The number of hydrogen-bond donors (Lipinski definition) is 1. The number of fused-ring (bicyclic) bond motifs is 2. The van der Waals surface area contributed by atoms with E-state index in [9.17, 15) is 0 Å². The van der Waals surface area contributed by atoms with Crippen molar-refractivity contribution >= 4 is 22.5 Å². The zero-order chi connectivity index (χ0) is 18.1. The van der Waals surface area contributed by atoms with Gasteiger partial charge in [-0.15, -0.1) is 0 Å². The van der Waals surface area contributed by atoms with Crippen molar-refractivity contribution < 1.29 is 4.42 Å². The van der Waals surface area contributed by atoms with Gasteiger partial charge in [-0.05, 0) is 56.2 Å². The normalized spacial score (nSPS) is 12.0. The molecule has 1 heterocycles. The van der Waals surface area contributed by atoms with Crippen LogP contribution >= 0.6 is 0 Å². The number of hydrogen-bond acceptors (Lipinski definition) is 4. The first-order valence-corrected chi connectivity index (χ1v) is 8.82. The van der Waals surface area contributed by atoms with Gasteiger partial charge in [0.2, 0.25) is 0 Å². The highest BCUT2D eigenvalue weighted by Gasteiger charge is 2.11. The molecule has 0 unspecified atom stereocenters. The molecule has 0 saturated heterocycles. The zero-order valence-electron chi connectivity index (χ0n) is 15.2. The van der Waals surface area contributed by atoms with E-state index in [0.29, 0.717) is 0 Å². The van der Waals surface area contributed by atoms with E-state index in [1.807, 2.05) is 49.4 Å². The third kappa shape index (κ3) is 3.06. The zero-order valence-corrected chi connectivity index (χ0v) is 15.2. The van der Waals surface area contributed by atoms with Crippen LogP contribution in [0.4, 0.5) is 11.4 Å². The molecule has 26 heavy (non-hydrogen) atoms. The second kappa shape index (κ2) is 6.64. The van der Waals surface area contributed by atoms with Crippen LogP contribution in [0.5, 0.6) is 0 Å². The summed E-state index contributed by atoms with van der Waals surface area (Å²) in [6.07, 6.45) is 0. The Kier molecular flexibility index (Phi) is 4.17. The fourth-order valence-electron chi connectivity index (χ4n) is 3.05. The summed E-state index contributed by atoms with van der Waals surface area (Å²) in [5, 5.41) is 4.40. The predicted octanol–water partition coefficient (Wildman–Crippen LogP) is 5.21. The molecular formula is C22H21N3O. The fourth-order valence-corrected chi connectivity index (χ4v) is 3.05. The molecule has 0 bridgehead atoms. The van der Waals surface area contributed by atoms with Gasteiger partial charge in [-0.1, -0.05) is 18.2 Å². The van der Waals surface area contributed by atoms with Gasteiger partial charge in [-0.25, -0.2) is 4.98 Å². The first-order chi connectivity index (χ1) is 12.6. The maximum absolute atomic E-state index is 6.13. The molecule has 0 saturated carbocycles. The SMILES string of the molecule is CCN=c1cc2oc3cc(Nc4ccccc4C)ccc3nc-2cc1C. The Hall–Kier alpha value is -3.14. The molecule has 130 valence electrons. The standard InChI is InChI=1S/C22H21N3O/c1-4-23-19-13-22-20(11-15(19)3)25-18-10-9-16(12-21(18)26-22)24-17-8-6-5-7-14(17)2/h5-13,24H,4H2,1-3H3. The van der Waals surface area contributed by atoms with Gasteiger partial charge in [0.05, 0.1) is 5.36 Å². The van der Waals surface area contributed by atoms with E-state index in [4.69, 9.17) is 9.40 Å². The molecule has 0 spiro atoms. The van der Waals surface area contributed by atoms with Crippen molar-refractivity contribution in [2.75, 3.05) is 11.9 Å². The van der Waals surface area contributed by atoms with Gasteiger partial charge in [0.25, 0.3) is 0 Å². The maximum atomic E-state index is 6.13. The minimum atomic E-state index is 0.748. The van der Waals surface area contributed by atoms with Crippen LogP contribution in [0.3, 0.4) is 0 Å². The summed E-state index contributed by atoms with van der Waals surface area (Å²) >= 11 is 0. The van der Waals surface area contributed by atoms with Gasteiger partial charge < -0.3 is 9.73 Å². The molecule has 0 radical (unpaired) electrons. The minimum absolute atomic E-state index is 0.748. The van der Waals surface area contributed by atoms with Crippen molar-refractivity contribution in [3.8, 4) is 11.5 Å². The van der Waals surface area contributed by atoms with Gasteiger partial charge in [-0.3, -0.25) is 4.99 Å². The largest absolute Gasteiger partial charge is 0.453 e. The van der Waals surface area contributed by atoms with Crippen molar-refractivity contribution in [1.29, 1.82) is 0 Å². The molecule has 4 rings (SSSR count). The van der Waals surface area contributed by atoms with Gasteiger partial charge in [0.1, 0.15) is 11.2 Å². The molecular weight excluding hydrogens is 322 g/mol. The first-order valence-electron chi connectivity index (χ1n) is 8.82. The average Bonchev–Trinajstić information content (AvgIpc) is 2.63. The topological polar surface area (TPSA) is 50.4 Å². The van der Waals surface area contributed by atoms with Crippen LogP contribution in [-0.4, -0.2) is 11.5 Å². The minimum Gasteiger partial charge on any atom is -0.453 e. The fraction of sp³-hybridized carbons (Fsp3) is 0.182. The van der Waals surface area contributed by atoms with E-state index < -0.39 is 0 Å². The van der Waals surface area contributed by atoms with Crippen LogP contribution in [0.2, 0.25) is 0 Å². The molecule has 0 aromatic heterocycles.